The third-order valence-corrected chi connectivity index (χ3v) is 5.62. The number of nitrogens with one attached hydrogen (secondary N) is 1. The number of amides is 1. The van der Waals surface area contributed by atoms with Crippen LogP contribution in [0.2, 0.25) is 0 Å². The molecular formula is C27H35NO6. The van der Waals surface area contributed by atoms with Gasteiger partial charge in [0.2, 0.25) is 6.29 Å². The largest absolute Gasteiger partial charge is 0.459 e. The van der Waals surface area contributed by atoms with Gasteiger partial charge >= 0.3 is 0 Å². The van der Waals surface area contributed by atoms with Gasteiger partial charge in [0.25, 0.3) is 5.91 Å². The zero-order valence-corrected chi connectivity index (χ0v) is 19.7. The number of allylic oxidation sites excluding steroid dienone is 1. The highest BCUT2D eigenvalue weighted by molar-refractivity contribution is 5.91. The highest BCUT2D eigenvalue weighted by Crippen LogP contribution is 2.38. The van der Waals surface area contributed by atoms with Crippen molar-refractivity contribution in [3.05, 3.63) is 83.6 Å². The van der Waals surface area contributed by atoms with Crippen LogP contribution in [0.4, 0.5) is 0 Å². The number of aliphatic hydroxyl groups is 1. The summed E-state index contributed by atoms with van der Waals surface area (Å²) in [6.07, 6.45) is 2.03. The molecule has 2 aromatic rings. The van der Waals surface area contributed by atoms with Crippen molar-refractivity contribution in [2.24, 2.45) is 5.92 Å². The molecule has 0 radical (unpaired) electrons. The smallest absolute Gasteiger partial charge is 0.286 e. The van der Waals surface area contributed by atoms with Crippen LogP contribution in [0.15, 0.2) is 72.5 Å². The van der Waals surface area contributed by atoms with Crippen molar-refractivity contribution in [1.82, 2.24) is 5.32 Å². The fourth-order valence-electron chi connectivity index (χ4n) is 3.96. The number of benzene rings is 2. The van der Waals surface area contributed by atoms with Gasteiger partial charge in [-0.3, -0.25) is 4.79 Å². The minimum Gasteiger partial charge on any atom is -0.459 e. The van der Waals surface area contributed by atoms with Gasteiger partial charge in [-0.2, -0.15) is 0 Å². The lowest BCUT2D eigenvalue weighted by molar-refractivity contribution is -0.168. The Morgan fingerprint density at radius 2 is 1.65 bits per heavy atom. The molecule has 184 valence electrons. The summed E-state index contributed by atoms with van der Waals surface area (Å²) in [4.78, 5) is 13.0. The minimum absolute atomic E-state index is 0.00178. The van der Waals surface area contributed by atoms with Crippen molar-refractivity contribution >= 4 is 5.91 Å². The molecule has 7 heteroatoms. The van der Waals surface area contributed by atoms with Crippen molar-refractivity contribution in [3.8, 4) is 0 Å². The summed E-state index contributed by atoms with van der Waals surface area (Å²) in [7, 11) is 0. The van der Waals surface area contributed by atoms with E-state index in [0.29, 0.717) is 46.0 Å². The summed E-state index contributed by atoms with van der Waals surface area (Å²) in [6, 6.07) is 19.9. The minimum atomic E-state index is -0.563. The Morgan fingerprint density at radius 1 is 0.971 bits per heavy atom. The second-order valence-electron chi connectivity index (χ2n) is 7.98. The quantitative estimate of drug-likeness (QED) is 0.413. The maximum Gasteiger partial charge on any atom is 0.286 e. The molecule has 0 bridgehead atoms. The highest BCUT2D eigenvalue weighted by Gasteiger charge is 2.37. The monoisotopic (exact) mass is 469 g/mol. The summed E-state index contributed by atoms with van der Waals surface area (Å²) in [5, 5.41) is 11.7. The molecule has 1 aliphatic rings. The molecule has 0 spiro atoms. The molecule has 7 nitrogen and oxygen atoms in total. The Morgan fingerprint density at radius 3 is 2.32 bits per heavy atom. The van der Waals surface area contributed by atoms with Gasteiger partial charge in [0.05, 0.1) is 26.4 Å². The Hall–Kier alpha value is -2.71. The molecule has 1 heterocycles. The van der Waals surface area contributed by atoms with Crippen LogP contribution in [0.25, 0.3) is 0 Å². The van der Waals surface area contributed by atoms with E-state index in [-0.39, 0.29) is 30.1 Å². The molecule has 2 N–H and O–H groups in total. The van der Waals surface area contributed by atoms with Gasteiger partial charge in [0.1, 0.15) is 0 Å². The number of aliphatic hydroxyl groups excluding tert-OH is 1. The summed E-state index contributed by atoms with van der Waals surface area (Å²) in [5.74, 6) is -0.0624. The van der Waals surface area contributed by atoms with E-state index >= 15 is 0 Å². The zero-order valence-electron chi connectivity index (χ0n) is 19.7. The average molecular weight is 470 g/mol. The lowest BCUT2D eigenvalue weighted by Crippen LogP contribution is -2.39. The molecule has 1 aliphatic heterocycles. The van der Waals surface area contributed by atoms with Crippen LogP contribution in [0.1, 0.15) is 30.4 Å². The van der Waals surface area contributed by atoms with Crippen LogP contribution >= 0.6 is 0 Å². The van der Waals surface area contributed by atoms with Gasteiger partial charge in [-0.25, -0.2) is 0 Å². The maximum absolute atomic E-state index is 13.0. The first kappa shape index (κ1) is 25.9. The summed E-state index contributed by atoms with van der Waals surface area (Å²) in [5.41, 5.74) is 2.12. The van der Waals surface area contributed by atoms with Gasteiger partial charge in [-0.05, 0) is 30.5 Å². The predicted octanol–water partition coefficient (Wildman–Crippen LogP) is 3.40. The lowest BCUT2D eigenvalue weighted by Gasteiger charge is -2.37. The fourth-order valence-corrected chi connectivity index (χ4v) is 3.96. The summed E-state index contributed by atoms with van der Waals surface area (Å²) in [6.45, 7) is 4.51. The van der Waals surface area contributed by atoms with Crippen LogP contribution in [0.5, 0.6) is 0 Å². The standard InChI is InChI=1S/C27H35NO6/c1-2-33-27-23(13-15-31-17-18-32-16-14-29)24(22-11-7-4-8-12-22)19-25(34-27)26(30)28-20-21-9-5-3-6-10-21/h3-12,19,23-24,27,29H,2,13-18,20H2,1H3,(H,28,30). The van der Waals surface area contributed by atoms with Crippen molar-refractivity contribution in [2.75, 3.05) is 39.6 Å². The topological polar surface area (TPSA) is 86.3 Å². The van der Waals surface area contributed by atoms with Crippen LogP contribution in [-0.2, 0) is 30.3 Å². The molecule has 3 atom stereocenters. The second-order valence-corrected chi connectivity index (χ2v) is 7.98. The van der Waals surface area contributed by atoms with E-state index < -0.39 is 6.29 Å². The van der Waals surface area contributed by atoms with Crippen molar-refractivity contribution in [3.63, 3.8) is 0 Å². The number of carbonyl (C=O) groups excluding carboxylic acids is 1. The molecule has 1 amide bonds. The van der Waals surface area contributed by atoms with Gasteiger partial charge < -0.3 is 29.4 Å². The Kier molecular flexibility index (Phi) is 11.1. The van der Waals surface area contributed by atoms with E-state index in [2.05, 4.69) is 17.4 Å². The number of ether oxygens (including phenoxy) is 4. The zero-order chi connectivity index (χ0) is 24.0. The normalized spacial score (nSPS) is 19.8. The van der Waals surface area contributed by atoms with Crippen molar-refractivity contribution in [1.29, 1.82) is 0 Å². The van der Waals surface area contributed by atoms with Crippen LogP contribution < -0.4 is 5.32 Å². The van der Waals surface area contributed by atoms with Crippen LogP contribution in [-0.4, -0.2) is 56.9 Å². The van der Waals surface area contributed by atoms with Crippen molar-refractivity contribution < 1.29 is 28.8 Å². The maximum atomic E-state index is 13.0. The lowest BCUT2D eigenvalue weighted by atomic mass is 9.81. The van der Waals surface area contributed by atoms with Crippen molar-refractivity contribution in [2.45, 2.75) is 32.1 Å². The molecule has 0 saturated heterocycles. The Labute approximate surface area is 201 Å². The van der Waals surface area contributed by atoms with E-state index in [0.717, 1.165) is 11.1 Å². The van der Waals surface area contributed by atoms with Gasteiger partial charge in [0, 0.05) is 31.6 Å². The van der Waals surface area contributed by atoms with Gasteiger partial charge in [-0.1, -0.05) is 60.7 Å². The van der Waals surface area contributed by atoms with Crippen LogP contribution in [0.3, 0.4) is 0 Å². The van der Waals surface area contributed by atoms with E-state index in [9.17, 15) is 4.79 Å². The fraction of sp³-hybridized carbons (Fsp3) is 0.444. The molecule has 34 heavy (non-hydrogen) atoms. The Bertz CT molecular complexity index is 873. The summed E-state index contributed by atoms with van der Waals surface area (Å²) < 4.78 is 23.0. The second kappa shape index (κ2) is 14.5. The van der Waals surface area contributed by atoms with Crippen LogP contribution in [0, 0.1) is 5.92 Å². The van der Waals surface area contributed by atoms with E-state index in [1.165, 1.54) is 0 Å². The summed E-state index contributed by atoms with van der Waals surface area (Å²) >= 11 is 0. The first-order valence-corrected chi connectivity index (χ1v) is 11.9. The van der Waals surface area contributed by atoms with E-state index in [1.807, 2.05) is 61.5 Å². The molecule has 0 fully saturated rings. The SMILES string of the molecule is CCOC1OC(C(=O)NCc2ccccc2)=CC(c2ccccc2)C1CCOCCOCCO. The predicted molar refractivity (Wildman–Crippen MR) is 129 cm³/mol. The molecule has 0 aliphatic carbocycles. The number of hydrogen-bond acceptors (Lipinski definition) is 6. The molecule has 0 aromatic heterocycles. The van der Waals surface area contributed by atoms with Gasteiger partial charge in [-0.15, -0.1) is 0 Å². The first-order valence-electron chi connectivity index (χ1n) is 11.9. The Balaban J connectivity index is 1.70. The number of carbonyl (C=O) groups is 1. The molecule has 2 aromatic carbocycles. The number of hydrogen-bond donors (Lipinski definition) is 2. The molecule has 3 rings (SSSR count). The molecule has 3 unspecified atom stereocenters. The third-order valence-electron chi connectivity index (χ3n) is 5.62. The first-order chi connectivity index (χ1) is 16.7. The molecular weight excluding hydrogens is 434 g/mol. The van der Waals surface area contributed by atoms with E-state index in [1.54, 1.807) is 0 Å². The van der Waals surface area contributed by atoms with E-state index in [4.69, 9.17) is 24.1 Å². The highest BCUT2D eigenvalue weighted by atomic mass is 16.7. The third kappa shape index (κ3) is 7.95. The average Bonchev–Trinajstić information content (AvgIpc) is 2.88. The number of rotatable bonds is 14. The van der Waals surface area contributed by atoms with Gasteiger partial charge in [0.15, 0.2) is 5.76 Å². The molecule has 0 saturated carbocycles.